The van der Waals surface area contributed by atoms with Crippen LogP contribution in [0.5, 0.6) is 5.75 Å². The summed E-state index contributed by atoms with van der Waals surface area (Å²) in [5.74, 6) is 0.0243. The van der Waals surface area contributed by atoms with Crippen LogP contribution >= 0.6 is 11.6 Å². The molecule has 26 heavy (non-hydrogen) atoms. The highest BCUT2D eigenvalue weighted by molar-refractivity contribution is 6.30. The van der Waals surface area contributed by atoms with E-state index in [1.165, 1.54) is 0 Å². The van der Waals surface area contributed by atoms with Crippen LogP contribution in [0.15, 0.2) is 48.5 Å². The third kappa shape index (κ3) is 5.75. The maximum Gasteiger partial charge on any atom is 0.312 e. The van der Waals surface area contributed by atoms with Crippen LogP contribution in [0.3, 0.4) is 0 Å². The van der Waals surface area contributed by atoms with Gasteiger partial charge in [0, 0.05) is 11.4 Å². The molecule has 0 fully saturated rings. The van der Waals surface area contributed by atoms with Crippen LogP contribution in [-0.2, 0) is 16.0 Å². The van der Waals surface area contributed by atoms with Gasteiger partial charge in [0.05, 0.1) is 18.6 Å². The average Bonchev–Trinajstić information content (AvgIpc) is 2.63. The molecule has 0 heterocycles. The maximum atomic E-state index is 11.8. The predicted molar refractivity (Wildman–Crippen MR) is 102 cm³/mol. The zero-order valence-corrected chi connectivity index (χ0v) is 16.1. The summed E-state index contributed by atoms with van der Waals surface area (Å²) in [6.45, 7) is 5.76. The zero-order chi connectivity index (χ0) is 19.1. The molecule has 2 rings (SSSR count). The van der Waals surface area contributed by atoms with Crippen LogP contribution in [0.4, 0.5) is 0 Å². The Morgan fingerprint density at radius 1 is 1.08 bits per heavy atom. The summed E-state index contributed by atoms with van der Waals surface area (Å²) in [7, 11) is 0. The second kappa shape index (κ2) is 9.60. The van der Waals surface area contributed by atoms with Crippen molar-refractivity contribution >= 4 is 17.6 Å². The third-order valence-electron chi connectivity index (χ3n) is 4.29. The molecule has 0 aliphatic carbocycles. The monoisotopic (exact) mass is 376 g/mol. The molecule has 0 saturated carbocycles. The molecular formula is C21H25ClO4. The maximum absolute atomic E-state index is 11.8. The number of rotatable bonds is 8. The van der Waals surface area contributed by atoms with Gasteiger partial charge in [-0.1, -0.05) is 35.9 Å². The Kier molecular flexibility index (Phi) is 7.49. The number of hydrogen-bond donors (Lipinski definition) is 1. The summed E-state index contributed by atoms with van der Waals surface area (Å²) in [5.41, 5.74) is 1.82. The van der Waals surface area contributed by atoms with Gasteiger partial charge in [0.25, 0.3) is 0 Å². The van der Waals surface area contributed by atoms with Gasteiger partial charge >= 0.3 is 5.97 Å². The number of carbonyl (C=O) groups excluding carboxylic acids is 1. The van der Waals surface area contributed by atoms with Crippen LogP contribution in [0.1, 0.15) is 38.0 Å². The van der Waals surface area contributed by atoms with Crippen molar-refractivity contribution in [1.82, 2.24) is 0 Å². The van der Waals surface area contributed by atoms with Crippen molar-refractivity contribution in [3.63, 3.8) is 0 Å². The van der Waals surface area contributed by atoms with E-state index in [2.05, 4.69) is 0 Å². The second-order valence-electron chi connectivity index (χ2n) is 6.28. The summed E-state index contributed by atoms with van der Waals surface area (Å²) >= 11 is 5.88. The van der Waals surface area contributed by atoms with Crippen molar-refractivity contribution in [2.75, 3.05) is 6.61 Å². The number of halogens is 1. The highest BCUT2D eigenvalue weighted by Gasteiger charge is 2.23. The molecular weight excluding hydrogens is 352 g/mol. The quantitative estimate of drug-likeness (QED) is 0.685. The minimum atomic E-state index is -0.610. The van der Waals surface area contributed by atoms with E-state index in [9.17, 15) is 9.90 Å². The van der Waals surface area contributed by atoms with E-state index in [4.69, 9.17) is 21.1 Å². The number of esters is 1. The van der Waals surface area contributed by atoms with Gasteiger partial charge in [0.2, 0.25) is 0 Å². The summed E-state index contributed by atoms with van der Waals surface area (Å²) in [6.07, 6.45) is -0.409. The highest BCUT2D eigenvalue weighted by atomic mass is 35.5. The van der Waals surface area contributed by atoms with E-state index in [1.54, 1.807) is 26.0 Å². The van der Waals surface area contributed by atoms with Crippen LogP contribution in [-0.4, -0.2) is 23.8 Å². The van der Waals surface area contributed by atoms with Gasteiger partial charge in [-0.2, -0.15) is 0 Å². The Labute approximate surface area is 159 Å². The van der Waals surface area contributed by atoms with Crippen molar-refractivity contribution in [2.24, 2.45) is 5.92 Å². The molecule has 3 atom stereocenters. The van der Waals surface area contributed by atoms with E-state index >= 15 is 0 Å². The van der Waals surface area contributed by atoms with E-state index in [0.717, 1.165) is 11.1 Å². The molecule has 1 N–H and O–H groups in total. The summed E-state index contributed by atoms with van der Waals surface area (Å²) in [5, 5.41) is 11.1. The summed E-state index contributed by atoms with van der Waals surface area (Å²) in [4.78, 5) is 11.8. The lowest BCUT2D eigenvalue weighted by Gasteiger charge is -2.20. The molecule has 0 aromatic heterocycles. The molecule has 140 valence electrons. The van der Waals surface area contributed by atoms with Gasteiger partial charge in [-0.15, -0.1) is 0 Å². The van der Waals surface area contributed by atoms with Crippen LogP contribution < -0.4 is 4.74 Å². The average molecular weight is 377 g/mol. The third-order valence-corrected chi connectivity index (χ3v) is 4.54. The molecule has 0 bridgehead atoms. The molecule has 0 saturated heterocycles. The Bertz CT molecular complexity index is 697. The number of hydrogen-bond acceptors (Lipinski definition) is 4. The molecule has 3 unspecified atom stereocenters. The van der Waals surface area contributed by atoms with Gasteiger partial charge in [-0.3, -0.25) is 4.79 Å². The normalized spacial score (nSPS) is 14.3. The Balaban J connectivity index is 1.94. The molecule has 4 nitrogen and oxygen atoms in total. The number of ether oxygens (including phenoxy) is 2. The molecule has 0 aliphatic heterocycles. The first-order valence-corrected chi connectivity index (χ1v) is 9.14. The minimum Gasteiger partial charge on any atom is -0.490 e. The summed E-state index contributed by atoms with van der Waals surface area (Å²) < 4.78 is 10.8. The molecule has 5 heteroatoms. The Morgan fingerprint density at radius 3 is 2.27 bits per heavy atom. The lowest BCUT2D eigenvalue weighted by molar-refractivity contribution is -0.150. The molecule has 0 radical (unpaired) electrons. The van der Waals surface area contributed by atoms with Crippen LogP contribution in [0, 0.1) is 5.92 Å². The zero-order valence-electron chi connectivity index (χ0n) is 15.3. The fourth-order valence-corrected chi connectivity index (χ4v) is 2.64. The van der Waals surface area contributed by atoms with Gasteiger partial charge in [0.15, 0.2) is 0 Å². The van der Waals surface area contributed by atoms with E-state index in [0.29, 0.717) is 23.8 Å². The van der Waals surface area contributed by atoms with Crippen molar-refractivity contribution < 1.29 is 19.4 Å². The molecule has 0 aliphatic rings. The first-order chi connectivity index (χ1) is 12.4. The van der Waals surface area contributed by atoms with Crippen molar-refractivity contribution in [1.29, 1.82) is 0 Å². The second-order valence-corrected chi connectivity index (χ2v) is 6.72. The van der Waals surface area contributed by atoms with Gasteiger partial charge in [-0.05, 0) is 56.2 Å². The smallest absolute Gasteiger partial charge is 0.312 e. The summed E-state index contributed by atoms with van der Waals surface area (Å²) in [6, 6.07) is 14.7. The lowest BCUT2D eigenvalue weighted by Crippen LogP contribution is -2.29. The number of aliphatic hydroxyl groups is 1. The number of benzene rings is 2. The standard InChI is InChI=1S/C21H25ClO4/c1-4-25-21(24)14(2)15(3)26-19-11-7-17(8-12-19)20(23)13-16-5-9-18(22)10-6-16/h5-12,14-15,20,23H,4,13H2,1-3H3. The minimum absolute atomic E-state index is 0.269. The van der Waals surface area contributed by atoms with Gasteiger partial charge in [0.1, 0.15) is 11.9 Å². The topological polar surface area (TPSA) is 55.8 Å². The molecule has 2 aromatic rings. The van der Waals surface area contributed by atoms with E-state index < -0.39 is 6.10 Å². The van der Waals surface area contributed by atoms with Gasteiger partial charge < -0.3 is 14.6 Å². The van der Waals surface area contributed by atoms with E-state index in [-0.39, 0.29) is 18.0 Å². The number of aliphatic hydroxyl groups excluding tert-OH is 1. The van der Waals surface area contributed by atoms with Crippen LogP contribution in [0.2, 0.25) is 5.02 Å². The Hall–Kier alpha value is -2.04. The van der Waals surface area contributed by atoms with E-state index in [1.807, 2.05) is 43.3 Å². The Morgan fingerprint density at radius 2 is 1.69 bits per heavy atom. The van der Waals surface area contributed by atoms with Crippen molar-refractivity contribution in [3.05, 3.63) is 64.7 Å². The highest BCUT2D eigenvalue weighted by Crippen LogP contribution is 2.23. The first-order valence-electron chi connectivity index (χ1n) is 8.76. The molecule has 2 aromatic carbocycles. The van der Waals surface area contributed by atoms with Gasteiger partial charge in [-0.25, -0.2) is 0 Å². The van der Waals surface area contributed by atoms with Crippen molar-refractivity contribution in [3.8, 4) is 5.75 Å². The first kappa shape index (κ1) is 20.3. The lowest BCUT2D eigenvalue weighted by atomic mass is 10.0. The fourth-order valence-electron chi connectivity index (χ4n) is 2.51. The predicted octanol–water partition coefficient (Wildman–Crippen LogP) is 4.58. The largest absolute Gasteiger partial charge is 0.490 e. The fraction of sp³-hybridized carbons (Fsp3) is 0.381. The number of carbonyl (C=O) groups is 1. The SMILES string of the molecule is CCOC(=O)C(C)C(C)Oc1ccc(C(O)Cc2ccc(Cl)cc2)cc1. The molecule has 0 spiro atoms. The van der Waals surface area contributed by atoms with Crippen molar-refractivity contribution in [2.45, 2.75) is 39.4 Å². The molecule has 0 amide bonds. The van der Waals surface area contributed by atoms with Crippen LogP contribution in [0.25, 0.3) is 0 Å².